The molecule has 2 aromatic rings. The average Bonchev–Trinajstić information content (AvgIpc) is 2.74. The first kappa shape index (κ1) is 24.4. The van der Waals surface area contributed by atoms with Crippen molar-refractivity contribution in [3.8, 4) is 11.5 Å². The van der Waals surface area contributed by atoms with Gasteiger partial charge in [0, 0.05) is 12.1 Å². The maximum Gasteiger partial charge on any atom is 0.244 e. The van der Waals surface area contributed by atoms with Gasteiger partial charge >= 0.3 is 0 Å². The third kappa shape index (κ3) is 5.37. The van der Waals surface area contributed by atoms with Gasteiger partial charge in [0.1, 0.15) is 32.9 Å². The van der Waals surface area contributed by atoms with E-state index in [9.17, 15) is 25.6 Å². The summed E-state index contributed by atoms with van der Waals surface area (Å²) < 4.78 is 94.2. The van der Waals surface area contributed by atoms with E-state index in [-0.39, 0.29) is 21.3 Å². The number of hydrogen-bond donors (Lipinski definition) is 2. The molecule has 3 rings (SSSR count). The fourth-order valence-corrected chi connectivity index (χ4v) is 6.64. The Kier molecular flexibility index (Phi) is 7.38. The van der Waals surface area contributed by atoms with Crippen molar-refractivity contribution in [2.45, 2.75) is 47.6 Å². The highest BCUT2D eigenvalue weighted by Gasteiger charge is 2.34. The number of rotatable bonds is 8. The molecule has 2 N–H and O–H groups in total. The van der Waals surface area contributed by atoms with Crippen molar-refractivity contribution in [1.82, 2.24) is 9.44 Å². The van der Waals surface area contributed by atoms with Crippen molar-refractivity contribution in [2.24, 2.45) is 0 Å². The van der Waals surface area contributed by atoms with Gasteiger partial charge in [0.2, 0.25) is 20.0 Å². The second-order valence-corrected chi connectivity index (χ2v) is 10.7. The summed E-state index contributed by atoms with van der Waals surface area (Å²) in [6.07, 6.45) is 2.03. The average molecular weight is 491 g/mol. The molecule has 1 aliphatic carbocycles. The molecule has 0 heterocycles. The lowest BCUT2D eigenvalue weighted by Crippen LogP contribution is -2.53. The quantitative estimate of drug-likeness (QED) is 0.589. The Balaban J connectivity index is 1.89. The lowest BCUT2D eigenvalue weighted by Gasteiger charge is -2.32. The monoisotopic (exact) mass is 490 g/mol. The third-order valence-electron chi connectivity index (χ3n) is 5.21. The van der Waals surface area contributed by atoms with E-state index in [1.807, 2.05) is 0 Å². The minimum atomic E-state index is -4.23. The van der Waals surface area contributed by atoms with Crippen LogP contribution >= 0.6 is 0 Å². The molecule has 8 nitrogen and oxygen atoms in total. The van der Waals surface area contributed by atoms with Gasteiger partial charge in [-0.2, -0.15) is 0 Å². The molecule has 0 radical (unpaired) electrons. The minimum absolute atomic E-state index is 0.0451. The Hall–Kier alpha value is -2.28. The van der Waals surface area contributed by atoms with E-state index in [0.717, 1.165) is 24.3 Å². The number of hydrogen-bond acceptors (Lipinski definition) is 6. The second-order valence-electron chi connectivity index (χ2n) is 7.33. The van der Waals surface area contributed by atoms with Gasteiger partial charge in [0.25, 0.3) is 0 Å². The molecule has 1 fully saturated rings. The molecule has 32 heavy (non-hydrogen) atoms. The van der Waals surface area contributed by atoms with Gasteiger partial charge in [-0.05, 0) is 49.2 Å². The van der Waals surface area contributed by atoms with E-state index in [4.69, 9.17) is 9.47 Å². The van der Waals surface area contributed by atoms with Gasteiger partial charge in [-0.1, -0.05) is 12.8 Å². The first-order valence-electron chi connectivity index (χ1n) is 9.79. The van der Waals surface area contributed by atoms with Crippen LogP contribution in [0.25, 0.3) is 0 Å². The standard InChI is InChI=1S/C20H24F2N2O6S2/c1-29-17-9-7-13(21)11-19(17)31(25,26)23-15-5-3-4-6-16(15)24-32(27,28)20-12-14(22)8-10-18(20)30-2/h7-12,15-16,23-24H,3-6H2,1-2H3/t15-,16+. The van der Waals surface area contributed by atoms with Crippen LogP contribution in [0.5, 0.6) is 11.5 Å². The molecule has 0 aliphatic heterocycles. The number of halogens is 2. The van der Waals surface area contributed by atoms with E-state index >= 15 is 0 Å². The molecule has 176 valence electrons. The van der Waals surface area contributed by atoms with Crippen LogP contribution in [-0.2, 0) is 20.0 Å². The lowest BCUT2D eigenvalue weighted by atomic mass is 9.92. The molecule has 0 saturated heterocycles. The summed E-state index contributed by atoms with van der Waals surface area (Å²) >= 11 is 0. The van der Waals surface area contributed by atoms with Crippen molar-refractivity contribution in [2.75, 3.05) is 14.2 Å². The molecular formula is C20H24F2N2O6S2. The second kappa shape index (κ2) is 9.69. The zero-order valence-electron chi connectivity index (χ0n) is 17.5. The molecule has 0 bridgehead atoms. The molecule has 2 atom stereocenters. The summed E-state index contributed by atoms with van der Waals surface area (Å²) in [7, 11) is -5.94. The fourth-order valence-electron chi connectivity index (χ4n) is 3.66. The van der Waals surface area contributed by atoms with Gasteiger partial charge in [0.05, 0.1) is 14.2 Å². The molecular weight excluding hydrogens is 466 g/mol. The third-order valence-corrected chi connectivity index (χ3v) is 8.23. The normalized spacial score (nSPS) is 19.5. The number of methoxy groups -OCH3 is 2. The topological polar surface area (TPSA) is 111 Å². The van der Waals surface area contributed by atoms with E-state index in [1.54, 1.807) is 0 Å². The Morgan fingerprint density at radius 1 is 0.750 bits per heavy atom. The fraction of sp³-hybridized carbons (Fsp3) is 0.400. The number of ether oxygens (including phenoxy) is 2. The van der Waals surface area contributed by atoms with E-state index in [2.05, 4.69) is 9.44 Å². The van der Waals surface area contributed by atoms with Crippen molar-refractivity contribution in [3.05, 3.63) is 48.0 Å². The number of benzene rings is 2. The predicted molar refractivity (Wildman–Crippen MR) is 113 cm³/mol. The first-order chi connectivity index (χ1) is 15.1. The van der Waals surface area contributed by atoms with Gasteiger partial charge in [-0.3, -0.25) is 0 Å². The predicted octanol–water partition coefficient (Wildman–Crippen LogP) is 2.55. The van der Waals surface area contributed by atoms with Gasteiger partial charge in [0.15, 0.2) is 0 Å². The molecule has 2 aromatic carbocycles. The molecule has 0 unspecified atom stereocenters. The Morgan fingerprint density at radius 2 is 1.12 bits per heavy atom. The Bertz CT molecular complexity index is 1100. The van der Waals surface area contributed by atoms with Crippen molar-refractivity contribution in [1.29, 1.82) is 0 Å². The maximum absolute atomic E-state index is 13.7. The van der Waals surface area contributed by atoms with Crippen LogP contribution in [0.2, 0.25) is 0 Å². The van der Waals surface area contributed by atoms with Gasteiger partial charge in [-0.25, -0.2) is 35.1 Å². The zero-order valence-corrected chi connectivity index (χ0v) is 19.1. The molecule has 1 aliphatic rings. The van der Waals surface area contributed by atoms with E-state index in [0.29, 0.717) is 25.7 Å². The number of nitrogens with one attached hydrogen (secondary N) is 2. The van der Waals surface area contributed by atoms with Crippen molar-refractivity contribution < 1.29 is 35.1 Å². The smallest absolute Gasteiger partial charge is 0.244 e. The summed E-state index contributed by atoms with van der Waals surface area (Å²) in [6, 6.07) is 4.58. The van der Waals surface area contributed by atoms with Crippen molar-refractivity contribution in [3.63, 3.8) is 0 Å². The Labute approximate surface area is 186 Å². The van der Waals surface area contributed by atoms with E-state index in [1.165, 1.54) is 26.4 Å². The van der Waals surface area contributed by atoms with Crippen LogP contribution in [0.15, 0.2) is 46.2 Å². The minimum Gasteiger partial charge on any atom is -0.495 e. The SMILES string of the molecule is COc1ccc(F)cc1S(=O)(=O)N[C@H]1CCCC[C@H]1NS(=O)(=O)c1cc(F)ccc1OC. The van der Waals surface area contributed by atoms with E-state index < -0.39 is 43.8 Å². The summed E-state index contributed by atoms with van der Waals surface area (Å²) in [4.78, 5) is -0.780. The van der Waals surface area contributed by atoms with Crippen LogP contribution in [0, 0.1) is 11.6 Å². The first-order valence-corrected chi connectivity index (χ1v) is 12.8. The van der Waals surface area contributed by atoms with Crippen molar-refractivity contribution >= 4 is 20.0 Å². The summed E-state index contributed by atoms with van der Waals surface area (Å²) in [5.41, 5.74) is 0. The lowest BCUT2D eigenvalue weighted by molar-refractivity contribution is 0.338. The van der Waals surface area contributed by atoms with Gasteiger partial charge < -0.3 is 9.47 Å². The number of sulfonamides is 2. The molecule has 0 spiro atoms. The van der Waals surface area contributed by atoms with Crippen LogP contribution in [-0.4, -0.2) is 43.1 Å². The van der Waals surface area contributed by atoms with Crippen LogP contribution in [0.4, 0.5) is 8.78 Å². The van der Waals surface area contributed by atoms with Crippen LogP contribution in [0.1, 0.15) is 25.7 Å². The van der Waals surface area contributed by atoms with Crippen LogP contribution in [0.3, 0.4) is 0 Å². The molecule has 12 heteroatoms. The Morgan fingerprint density at radius 3 is 1.47 bits per heavy atom. The molecule has 0 amide bonds. The largest absolute Gasteiger partial charge is 0.495 e. The zero-order chi connectivity index (χ0) is 23.5. The summed E-state index contributed by atoms with van der Waals surface area (Å²) in [6.45, 7) is 0. The highest BCUT2D eigenvalue weighted by molar-refractivity contribution is 7.90. The maximum atomic E-state index is 13.7. The molecule has 1 saturated carbocycles. The molecule has 0 aromatic heterocycles. The highest BCUT2D eigenvalue weighted by Crippen LogP contribution is 2.29. The van der Waals surface area contributed by atoms with Crippen LogP contribution < -0.4 is 18.9 Å². The summed E-state index contributed by atoms with van der Waals surface area (Å²) in [5, 5.41) is 0. The highest BCUT2D eigenvalue weighted by atomic mass is 32.2. The summed E-state index contributed by atoms with van der Waals surface area (Å²) in [5.74, 6) is -1.61. The van der Waals surface area contributed by atoms with Gasteiger partial charge in [-0.15, -0.1) is 0 Å².